The summed E-state index contributed by atoms with van der Waals surface area (Å²) >= 11 is 0. The summed E-state index contributed by atoms with van der Waals surface area (Å²) in [7, 11) is 0. The van der Waals surface area contributed by atoms with E-state index < -0.39 is 0 Å². The fourth-order valence-corrected chi connectivity index (χ4v) is 1.86. The molecule has 1 aromatic carbocycles. The molecule has 0 spiro atoms. The molecule has 5 nitrogen and oxygen atoms in total. The summed E-state index contributed by atoms with van der Waals surface area (Å²) in [6.07, 6.45) is 0.427. The normalized spacial score (nSPS) is 10.6. The van der Waals surface area contributed by atoms with Crippen molar-refractivity contribution in [2.75, 3.05) is 6.54 Å². The molecule has 1 aromatic heterocycles. The maximum Gasteiger partial charge on any atom is 0.262 e. The summed E-state index contributed by atoms with van der Waals surface area (Å²) < 4.78 is 0. The van der Waals surface area contributed by atoms with Crippen molar-refractivity contribution in [1.29, 1.82) is 0 Å². The highest BCUT2D eigenvalue weighted by atomic mass is 16.3. The standard InChI is InChI=1S/C13H15N3O2/c1-8-4-2-3-5-9(8)11-12(17)15-10(6-7-14)16-13(11)18/h2-5H,6-7,14H2,1H3,(H2,15,16,17,18). The SMILES string of the molecule is Cc1ccccc1-c1c(O)nc(CCN)[nH]c1=O. The average Bonchev–Trinajstić information content (AvgIpc) is 2.31. The predicted molar refractivity (Wildman–Crippen MR) is 69.5 cm³/mol. The van der Waals surface area contributed by atoms with Gasteiger partial charge in [-0.25, -0.2) is 0 Å². The van der Waals surface area contributed by atoms with Crippen LogP contribution in [0.2, 0.25) is 0 Å². The average molecular weight is 245 g/mol. The highest BCUT2D eigenvalue weighted by Crippen LogP contribution is 2.25. The van der Waals surface area contributed by atoms with Gasteiger partial charge in [0.05, 0.1) is 0 Å². The molecular weight excluding hydrogens is 230 g/mol. The summed E-state index contributed by atoms with van der Waals surface area (Å²) in [6.45, 7) is 2.24. The van der Waals surface area contributed by atoms with Crippen molar-refractivity contribution >= 4 is 0 Å². The van der Waals surface area contributed by atoms with E-state index in [2.05, 4.69) is 9.97 Å². The summed E-state index contributed by atoms with van der Waals surface area (Å²) in [5.74, 6) is 0.147. The molecule has 2 aromatic rings. The number of aromatic amines is 1. The van der Waals surface area contributed by atoms with Crippen molar-refractivity contribution in [3.05, 3.63) is 46.0 Å². The van der Waals surface area contributed by atoms with Crippen LogP contribution in [0.25, 0.3) is 11.1 Å². The van der Waals surface area contributed by atoms with Crippen LogP contribution in [0, 0.1) is 6.92 Å². The minimum atomic E-state index is -0.347. The molecule has 0 saturated heterocycles. The van der Waals surface area contributed by atoms with Crippen molar-refractivity contribution in [3.63, 3.8) is 0 Å². The van der Waals surface area contributed by atoms with Crippen molar-refractivity contribution in [2.24, 2.45) is 5.73 Å². The zero-order valence-corrected chi connectivity index (χ0v) is 10.1. The van der Waals surface area contributed by atoms with Gasteiger partial charge in [-0.1, -0.05) is 24.3 Å². The Balaban J connectivity index is 2.60. The Hall–Kier alpha value is -2.14. The second-order valence-electron chi connectivity index (χ2n) is 4.06. The fraction of sp³-hybridized carbons (Fsp3) is 0.231. The molecule has 0 fully saturated rings. The Morgan fingerprint density at radius 2 is 2.11 bits per heavy atom. The van der Waals surface area contributed by atoms with E-state index in [4.69, 9.17) is 5.73 Å². The smallest absolute Gasteiger partial charge is 0.262 e. The van der Waals surface area contributed by atoms with E-state index in [1.165, 1.54) is 0 Å². The molecule has 0 unspecified atom stereocenters. The third-order valence-corrected chi connectivity index (χ3v) is 2.74. The molecule has 0 aliphatic carbocycles. The first-order valence-electron chi connectivity index (χ1n) is 5.71. The lowest BCUT2D eigenvalue weighted by molar-refractivity contribution is 0.450. The van der Waals surface area contributed by atoms with Crippen LogP contribution in [0.4, 0.5) is 0 Å². The van der Waals surface area contributed by atoms with Crippen molar-refractivity contribution < 1.29 is 5.11 Å². The molecule has 94 valence electrons. The minimum Gasteiger partial charge on any atom is -0.493 e. The largest absolute Gasteiger partial charge is 0.493 e. The molecule has 2 rings (SSSR count). The zero-order valence-electron chi connectivity index (χ0n) is 10.1. The van der Waals surface area contributed by atoms with E-state index in [-0.39, 0.29) is 17.0 Å². The highest BCUT2D eigenvalue weighted by molar-refractivity contribution is 5.70. The number of nitrogens with zero attached hydrogens (tertiary/aromatic N) is 1. The van der Waals surface area contributed by atoms with Gasteiger partial charge in [0.15, 0.2) is 0 Å². The van der Waals surface area contributed by atoms with Crippen LogP contribution in [0.5, 0.6) is 5.88 Å². The number of aromatic hydroxyl groups is 1. The first-order valence-corrected chi connectivity index (χ1v) is 5.71. The molecule has 0 amide bonds. The van der Waals surface area contributed by atoms with Gasteiger partial charge in [0, 0.05) is 6.42 Å². The van der Waals surface area contributed by atoms with Gasteiger partial charge in [-0.05, 0) is 24.6 Å². The summed E-state index contributed by atoms with van der Waals surface area (Å²) in [4.78, 5) is 18.6. The molecule has 4 N–H and O–H groups in total. The van der Waals surface area contributed by atoms with Crippen LogP contribution >= 0.6 is 0 Å². The second-order valence-corrected chi connectivity index (χ2v) is 4.06. The maximum atomic E-state index is 12.0. The Bertz CT molecular complexity index is 620. The molecule has 1 heterocycles. The molecule has 0 bridgehead atoms. The zero-order chi connectivity index (χ0) is 13.1. The third kappa shape index (κ3) is 2.26. The lowest BCUT2D eigenvalue weighted by Crippen LogP contribution is -2.16. The Morgan fingerprint density at radius 1 is 1.39 bits per heavy atom. The van der Waals surface area contributed by atoms with Gasteiger partial charge in [0.1, 0.15) is 11.4 Å². The molecule has 0 aliphatic heterocycles. The highest BCUT2D eigenvalue weighted by Gasteiger charge is 2.14. The van der Waals surface area contributed by atoms with E-state index in [9.17, 15) is 9.90 Å². The summed E-state index contributed by atoms with van der Waals surface area (Å²) in [5, 5.41) is 9.90. The van der Waals surface area contributed by atoms with Gasteiger partial charge in [-0.2, -0.15) is 4.98 Å². The quantitative estimate of drug-likeness (QED) is 0.750. The van der Waals surface area contributed by atoms with Gasteiger partial charge >= 0.3 is 0 Å². The van der Waals surface area contributed by atoms with E-state index in [0.29, 0.717) is 24.4 Å². The summed E-state index contributed by atoms with van der Waals surface area (Å²) in [5.41, 5.74) is 6.84. The van der Waals surface area contributed by atoms with Crippen LogP contribution in [-0.4, -0.2) is 21.6 Å². The third-order valence-electron chi connectivity index (χ3n) is 2.74. The van der Waals surface area contributed by atoms with Crippen molar-refractivity contribution in [1.82, 2.24) is 9.97 Å². The number of benzene rings is 1. The van der Waals surface area contributed by atoms with Crippen LogP contribution in [0.15, 0.2) is 29.1 Å². The number of aromatic nitrogens is 2. The molecule has 0 atom stereocenters. The molecule has 18 heavy (non-hydrogen) atoms. The Labute approximate surface area is 104 Å². The Morgan fingerprint density at radius 3 is 2.72 bits per heavy atom. The lowest BCUT2D eigenvalue weighted by Gasteiger charge is -2.07. The molecule has 0 saturated carbocycles. The molecular formula is C13H15N3O2. The van der Waals surface area contributed by atoms with Gasteiger partial charge in [0.2, 0.25) is 5.88 Å². The fourth-order valence-electron chi connectivity index (χ4n) is 1.86. The maximum absolute atomic E-state index is 12.0. The first kappa shape index (κ1) is 12.3. The number of nitrogens with one attached hydrogen (secondary N) is 1. The predicted octanol–water partition coefficient (Wildman–Crippen LogP) is 0.952. The number of aryl methyl sites for hydroxylation is 1. The van der Waals surface area contributed by atoms with Gasteiger partial charge < -0.3 is 15.8 Å². The van der Waals surface area contributed by atoms with Gasteiger partial charge in [0.25, 0.3) is 5.56 Å². The van der Waals surface area contributed by atoms with Crippen molar-refractivity contribution in [2.45, 2.75) is 13.3 Å². The van der Waals surface area contributed by atoms with E-state index in [1.54, 1.807) is 6.07 Å². The van der Waals surface area contributed by atoms with E-state index >= 15 is 0 Å². The molecule has 0 radical (unpaired) electrons. The number of nitrogens with two attached hydrogens (primary N) is 1. The Kier molecular flexibility index (Phi) is 3.43. The lowest BCUT2D eigenvalue weighted by atomic mass is 10.0. The molecule has 0 aliphatic rings. The second kappa shape index (κ2) is 5.01. The van der Waals surface area contributed by atoms with E-state index in [1.807, 2.05) is 25.1 Å². The first-order chi connectivity index (χ1) is 8.63. The molecule has 5 heteroatoms. The van der Waals surface area contributed by atoms with Crippen LogP contribution in [0.1, 0.15) is 11.4 Å². The topological polar surface area (TPSA) is 92.0 Å². The van der Waals surface area contributed by atoms with Gasteiger partial charge in [-0.3, -0.25) is 4.79 Å². The summed E-state index contributed by atoms with van der Waals surface area (Å²) in [6, 6.07) is 7.35. The number of rotatable bonds is 3. The monoisotopic (exact) mass is 245 g/mol. The van der Waals surface area contributed by atoms with E-state index in [0.717, 1.165) is 5.56 Å². The van der Waals surface area contributed by atoms with Crippen LogP contribution in [0.3, 0.4) is 0 Å². The number of hydrogen-bond acceptors (Lipinski definition) is 4. The van der Waals surface area contributed by atoms with Gasteiger partial charge in [-0.15, -0.1) is 0 Å². The number of H-pyrrole nitrogens is 1. The van der Waals surface area contributed by atoms with Crippen molar-refractivity contribution in [3.8, 4) is 17.0 Å². The van der Waals surface area contributed by atoms with Crippen LogP contribution < -0.4 is 11.3 Å². The minimum absolute atomic E-state index is 0.203. The van der Waals surface area contributed by atoms with Crippen LogP contribution in [-0.2, 0) is 6.42 Å². The number of hydrogen-bond donors (Lipinski definition) is 3.